The first kappa shape index (κ1) is 35.2. The quantitative estimate of drug-likeness (QED) is 0.173. The van der Waals surface area contributed by atoms with E-state index in [0.29, 0.717) is 0 Å². The van der Waals surface area contributed by atoms with Crippen molar-refractivity contribution in [1.82, 2.24) is 4.57 Å². The number of aromatic nitrogens is 1. The van der Waals surface area contributed by atoms with Gasteiger partial charge in [0.05, 0.1) is 22.1 Å². The second kappa shape index (κ2) is 13.3. The number of rotatable bonds is 5. The van der Waals surface area contributed by atoms with E-state index in [9.17, 15) is 0 Å². The summed E-state index contributed by atoms with van der Waals surface area (Å²) >= 11 is 0. The maximum atomic E-state index is 6.34. The van der Waals surface area contributed by atoms with Crippen molar-refractivity contribution in [2.45, 2.75) is 5.41 Å². The Balaban J connectivity index is 1.11. The number of hydrogen-bond acceptors (Lipinski definition) is 2. The molecule has 0 saturated carbocycles. The van der Waals surface area contributed by atoms with Crippen LogP contribution in [-0.4, -0.2) is 4.57 Å². The summed E-state index contributed by atoms with van der Waals surface area (Å²) in [4.78, 5) is 0. The Hall–Kier alpha value is -8.40. The monoisotopic (exact) mass is 815 g/mol. The molecule has 3 nitrogen and oxygen atoms in total. The molecule has 0 bridgehead atoms. The van der Waals surface area contributed by atoms with E-state index >= 15 is 0 Å². The van der Waals surface area contributed by atoms with Crippen molar-refractivity contribution in [2.75, 3.05) is 0 Å². The van der Waals surface area contributed by atoms with E-state index in [-0.39, 0.29) is 0 Å². The van der Waals surface area contributed by atoms with Gasteiger partial charge in [-0.1, -0.05) is 170 Å². The highest BCUT2D eigenvalue weighted by Gasteiger charge is 2.47. The van der Waals surface area contributed by atoms with E-state index in [1.54, 1.807) is 0 Å². The van der Waals surface area contributed by atoms with Gasteiger partial charge in [0.15, 0.2) is 0 Å². The molecule has 10 aromatic carbocycles. The minimum absolute atomic E-state index is 0.523. The standard InChI is InChI=1S/C61H37NO2/c1-3-16-40(17-4-1)61(41-18-5-2-6-19-41)49-25-10-7-22-46(49)58-50(61)26-15-29-51(58)62-52-27-13-23-42(38-32-34-56-47(36-38)44-20-8-11-30-54(44)63-56)59(52)60-43(24-14-28-53(60)62)39-33-35-57-48(37-39)45-21-9-12-31-55(45)64-57/h1-37H. The van der Waals surface area contributed by atoms with Crippen LogP contribution in [0, 0.1) is 0 Å². The molecule has 13 aromatic rings. The first-order chi connectivity index (χ1) is 31.8. The first-order valence-electron chi connectivity index (χ1n) is 22.0. The van der Waals surface area contributed by atoms with E-state index in [1.165, 1.54) is 55.3 Å². The molecule has 1 aliphatic carbocycles. The van der Waals surface area contributed by atoms with Crippen molar-refractivity contribution in [3.63, 3.8) is 0 Å². The maximum absolute atomic E-state index is 6.34. The van der Waals surface area contributed by atoms with Gasteiger partial charge in [-0.05, 0) is 105 Å². The molecular formula is C61H37NO2. The molecule has 298 valence electrons. The van der Waals surface area contributed by atoms with Crippen molar-refractivity contribution in [3.05, 3.63) is 247 Å². The molecule has 0 atom stereocenters. The zero-order valence-corrected chi connectivity index (χ0v) is 34.6. The van der Waals surface area contributed by atoms with Crippen LogP contribution in [0.25, 0.3) is 105 Å². The van der Waals surface area contributed by atoms with Crippen LogP contribution < -0.4 is 0 Å². The Labute approximate surface area is 368 Å². The third-order valence-electron chi connectivity index (χ3n) is 13.9. The minimum Gasteiger partial charge on any atom is -0.456 e. The maximum Gasteiger partial charge on any atom is 0.135 e. The van der Waals surface area contributed by atoms with Gasteiger partial charge in [0.25, 0.3) is 0 Å². The summed E-state index contributed by atoms with van der Waals surface area (Å²) in [6.45, 7) is 0. The van der Waals surface area contributed by atoms with Gasteiger partial charge in [0.2, 0.25) is 0 Å². The number of para-hydroxylation sites is 2. The highest BCUT2D eigenvalue weighted by molar-refractivity contribution is 6.22. The zero-order chi connectivity index (χ0) is 41.9. The Morgan fingerprint density at radius 3 is 1.36 bits per heavy atom. The van der Waals surface area contributed by atoms with Crippen LogP contribution in [0.15, 0.2) is 233 Å². The molecule has 0 aliphatic heterocycles. The molecule has 0 saturated heterocycles. The topological polar surface area (TPSA) is 31.2 Å². The van der Waals surface area contributed by atoms with Gasteiger partial charge in [-0.25, -0.2) is 0 Å². The van der Waals surface area contributed by atoms with Gasteiger partial charge >= 0.3 is 0 Å². The summed E-state index contributed by atoms with van der Waals surface area (Å²) in [5, 5.41) is 6.88. The summed E-state index contributed by atoms with van der Waals surface area (Å²) in [5.41, 5.74) is 18.7. The Kier molecular flexibility index (Phi) is 7.32. The predicted molar refractivity (Wildman–Crippen MR) is 264 cm³/mol. The molecular weight excluding hydrogens is 779 g/mol. The largest absolute Gasteiger partial charge is 0.456 e. The molecule has 0 radical (unpaired) electrons. The van der Waals surface area contributed by atoms with Gasteiger partial charge in [-0.2, -0.15) is 0 Å². The second-order valence-electron chi connectivity index (χ2n) is 17.1. The zero-order valence-electron chi connectivity index (χ0n) is 34.6. The fourth-order valence-corrected chi connectivity index (χ4v) is 11.3. The number of furan rings is 2. The molecule has 0 amide bonds. The van der Waals surface area contributed by atoms with Crippen molar-refractivity contribution in [3.8, 4) is 39.1 Å². The lowest BCUT2D eigenvalue weighted by atomic mass is 9.68. The smallest absolute Gasteiger partial charge is 0.135 e. The lowest BCUT2D eigenvalue weighted by molar-refractivity contribution is 0.668. The van der Waals surface area contributed by atoms with Crippen molar-refractivity contribution in [1.29, 1.82) is 0 Å². The van der Waals surface area contributed by atoms with Crippen molar-refractivity contribution >= 4 is 65.7 Å². The van der Waals surface area contributed by atoms with Gasteiger partial charge in [-0.15, -0.1) is 0 Å². The average molecular weight is 816 g/mol. The minimum atomic E-state index is -0.523. The molecule has 3 heterocycles. The molecule has 0 unspecified atom stereocenters. The van der Waals surface area contributed by atoms with Crippen molar-refractivity contribution in [2.24, 2.45) is 0 Å². The van der Waals surface area contributed by atoms with E-state index in [4.69, 9.17) is 8.83 Å². The third-order valence-corrected chi connectivity index (χ3v) is 13.9. The first-order valence-corrected chi connectivity index (χ1v) is 22.0. The van der Waals surface area contributed by atoms with Crippen LogP contribution in [0.4, 0.5) is 0 Å². The Bertz CT molecular complexity index is 3810. The van der Waals surface area contributed by atoms with Gasteiger partial charge < -0.3 is 13.4 Å². The number of nitrogens with zero attached hydrogens (tertiary/aromatic N) is 1. The highest BCUT2D eigenvalue weighted by Crippen LogP contribution is 2.58. The van der Waals surface area contributed by atoms with E-state index in [1.807, 2.05) is 12.1 Å². The number of hydrogen-bond donors (Lipinski definition) is 0. The molecule has 64 heavy (non-hydrogen) atoms. The van der Waals surface area contributed by atoms with Crippen LogP contribution in [-0.2, 0) is 5.41 Å². The normalized spacial score (nSPS) is 13.1. The number of fused-ring (bicyclic) bond motifs is 12. The SMILES string of the molecule is c1ccc(C2(c3ccccc3)c3ccccc3-c3c(-n4c5cccc(-c6ccc7oc8ccccc8c7c6)c5c5c(-c6ccc7oc8ccccc8c7c6)cccc54)cccc32)cc1. The molecule has 3 heteroatoms. The summed E-state index contributed by atoms with van der Waals surface area (Å²) in [6, 6.07) is 81.8. The van der Waals surface area contributed by atoms with E-state index in [0.717, 1.165) is 71.7 Å². The Morgan fingerprint density at radius 1 is 0.328 bits per heavy atom. The summed E-state index contributed by atoms with van der Waals surface area (Å²) in [7, 11) is 0. The lowest BCUT2D eigenvalue weighted by Gasteiger charge is -2.34. The fourth-order valence-electron chi connectivity index (χ4n) is 11.3. The van der Waals surface area contributed by atoms with Crippen LogP contribution in [0.1, 0.15) is 22.3 Å². The van der Waals surface area contributed by atoms with Crippen LogP contribution >= 0.6 is 0 Å². The van der Waals surface area contributed by atoms with Crippen LogP contribution in [0.5, 0.6) is 0 Å². The van der Waals surface area contributed by atoms with Crippen LogP contribution in [0.2, 0.25) is 0 Å². The van der Waals surface area contributed by atoms with Crippen molar-refractivity contribution < 1.29 is 8.83 Å². The molecule has 14 rings (SSSR count). The lowest BCUT2D eigenvalue weighted by Crippen LogP contribution is -2.28. The fraction of sp³-hybridized carbons (Fsp3) is 0.0164. The van der Waals surface area contributed by atoms with Gasteiger partial charge in [0, 0.05) is 37.9 Å². The van der Waals surface area contributed by atoms with Gasteiger partial charge in [-0.3, -0.25) is 0 Å². The van der Waals surface area contributed by atoms with E-state index in [2.05, 4.69) is 217 Å². The molecule has 3 aromatic heterocycles. The molecule has 0 fully saturated rings. The number of benzene rings is 10. The Morgan fingerprint density at radius 2 is 0.781 bits per heavy atom. The predicted octanol–water partition coefficient (Wildman–Crippen LogP) is 16.3. The second-order valence-corrected chi connectivity index (χ2v) is 17.1. The summed E-state index contributed by atoms with van der Waals surface area (Å²) < 4.78 is 15.2. The average Bonchev–Trinajstić information content (AvgIpc) is 4.11. The van der Waals surface area contributed by atoms with E-state index < -0.39 is 5.41 Å². The molecule has 1 aliphatic rings. The molecule has 0 N–H and O–H groups in total. The van der Waals surface area contributed by atoms with Crippen LogP contribution in [0.3, 0.4) is 0 Å². The highest BCUT2D eigenvalue weighted by atomic mass is 16.3. The molecule has 0 spiro atoms. The summed E-state index contributed by atoms with van der Waals surface area (Å²) in [6.07, 6.45) is 0. The van der Waals surface area contributed by atoms with Gasteiger partial charge in [0.1, 0.15) is 22.3 Å². The third kappa shape index (κ3) is 4.76. The summed E-state index contributed by atoms with van der Waals surface area (Å²) in [5.74, 6) is 0.